The second kappa shape index (κ2) is 9.03. The van der Waals surface area contributed by atoms with Crippen LogP contribution in [0.1, 0.15) is 48.2 Å². The number of halogens is 1. The van der Waals surface area contributed by atoms with Crippen LogP contribution in [0.15, 0.2) is 72.8 Å². The van der Waals surface area contributed by atoms with E-state index in [9.17, 15) is 4.39 Å². The maximum absolute atomic E-state index is 13.4. The predicted molar refractivity (Wildman–Crippen MR) is 135 cm³/mol. The van der Waals surface area contributed by atoms with Crippen molar-refractivity contribution in [2.75, 3.05) is 31.1 Å². The maximum Gasteiger partial charge on any atom is 0.141 e. The van der Waals surface area contributed by atoms with Gasteiger partial charge in [0.25, 0.3) is 0 Å². The largest absolute Gasteiger partial charge is 0.360 e. The van der Waals surface area contributed by atoms with Gasteiger partial charge in [0.05, 0.1) is 26.2 Å². The first-order valence-corrected chi connectivity index (χ1v) is 12.0. The molecule has 0 bridgehead atoms. The van der Waals surface area contributed by atoms with E-state index in [2.05, 4.69) is 79.2 Å². The molecule has 2 N–H and O–H groups in total. The summed E-state index contributed by atoms with van der Waals surface area (Å²) in [7, 11) is 0. The number of piperazine rings is 1. The van der Waals surface area contributed by atoms with E-state index in [-0.39, 0.29) is 11.9 Å². The summed E-state index contributed by atoms with van der Waals surface area (Å²) < 4.78 is 13.4. The van der Waals surface area contributed by atoms with Crippen molar-refractivity contribution in [3.05, 3.63) is 101 Å². The van der Waals surface area contributed by atoms with Crippen molar-refractivity contribution in [1.29, 1.82) is 0 Å². The van der Waals surface area contributed by atoms with Crippen LogP contribution in [0.2, 0.25) is 0 Å². The summed E-state index contributed by atoms with van der Waals surface area (Å²) in [5.74, 6) is 0.349. The monoisotopic (exact) mass is 442 g/mol. The zero-order chi connectivity index (χ0) is 22.9. The first-order chi connectivity index (χ1) is 16.0. The number of rotatable bonds is 5. The van der Waals surface area contributed by atoms with E-state index < -0.39 is 0 Å². The number of nitrogens with zero attached hydrogens (tertiary/aromatic N) is 1. The summed E-state index contributed by atoms with van der Waals surface area (Å²) in [4.78, 5) is 7.59. The summed E-state index contributed by atoms with van der Waals surface area (Å²) in [6.45, 7) is 10.7. The molecule has 1 fully saturated rings. The third-order valence-electron chi connectivity index (χ3n) is 7.17. The lowest BCUT2D eigenvalue weighted by Crippen LogP contribution is -3.15. The number of quaternary nitrogens is 1. The van der Waals surface area contributed by atoms with Crippen molar-refractivity contribution < 1.29 is 9.29 Å². The highest BCUT2D eigenvalue weighted by atomic mass is 19.1. The lowest BCUT2D eigenvalue weighted by Gasteiger charge is -2.38. The van der Waals surface area contributed by atoms with Crippen LogP contribution in [0.25, 0.3) is 10.9 Å². The molecule has 0 unspecified atom stereocenters. The van der Waals surface area contributed by atoms with Gasteiger partial charge >= 0.3 is 0 Å². The Kier molecular flexibility index (Phi) is 5.94. The van der Waals surface area contributed by atoms with Gasteiger partial charge in [-0.05, 0) is 48.7 Å². The number of benzene rings is 3. The first kappa shape index (κ1) is 21.7. The van der Waals surface area contributed by atoms with Crippen LogP contribution in [0.4, 0.5) is 10.1 Å². The molecule has 1 saturated heterocycles. The molecule has 2 heterocycles. The minimum Gasteiger partial charge on any atom is -0.360 e. The van der Waals surface area contributed by atoms with E-state index >= 15 is 0 Å². The van der Waals surface area contributed by atoms with Crippen molar-refractivity contribution in [3.63, 3.8) is 0 Å². The quantitative estimate of drug-likeness (QED) is 0.434. The molecule has 33 heavy (non-hydrogen) atoms. The Balaban J connectivity index is 1.49. The lowest BCUT2D eigenvalue weighted by molar-refractivity contribution is -0.926. The van der Waals surface area contributed by atoms with Crippen LogP contribution >= 0.6 is 0 Å². The van der Waals surface area contributed by atoms with Crippen molar-refractivity contribution in [2.45, 2.75) is 32.7 Å². The number of aromatic nitrogens is 1. The molecule has 0 spiro atoms. The number of aromatic amines is 1. The molecule has 5 rings (SSSR count). The molecule has 4 heteroatoms. The van der Waals surface area contributed by atoms with Gasteiger partial charge < -0.3 is 14.8 Å². The van der Waals surface area contributed by atoms with Crippen LogP contribution < -0.4 is 9.80 Å². The highest BCUT2D eigenvalue weighted by Crippen LogP contribution is 2.31. The van der Waals surface area contributed by atoms with Crippen molar-refractivity contribution in [2.24, 2.45) is 0 Å². The standard InChI is InChI=1S/C29H32FN3/c1-20(2)22-8-10-23(11-9-22)29(28-21(3)31-27-7-5-4-6-26(27)28)33-18-16-32(17-19-33)25-14-12-24(30)13-15-25/h4-15,20,29,31H,16-19H2,1-3H3/p+1/t29-/m1/s1. The molecule has 1 aliphatic rings. The molecule has 0 saturated carbocycles. The van der Waals surface area contributed by atoms with E-state index in [0.29, 0.717) is 5.92 Å². The minimum absolute atomic E-state index is 0.178. The Bertz CT molecular complexity index is 1220. The molecule has 3 nitrogen and oxygen atoms in total. The highest BCUT2D eigenvalue weighted by molar-refractivity contribution is 5.85. The Labute approximate surface area is 195 Å². The molecule has 0 amide bonds. The van der Waals surface area contributed by atoms with Crippen LogP contribution in [-0.2, 0) is 0 Å². The second-order valence-corrected chi connectivity index (χ2v) is 9.59. The number of hydrogen-bond acceptors (Lipinski definition) is 1. The maximum atomic E-state index is 13.4. The summed E-state index contributed by atoms with van der Waals surface area (Å²) in [5, 5.41) is 1.32. The summed E-state index contributed by atoms with van der Waals surface area (Å²) in [6, 6.07) is 25.1. The van der Waals surface area contributed by atoms with Gasteiger partial charge in [-0.15, -0.1) is 0 Å². The van der Waals surface area contributed by atoms with Gasteiger partial charge in [-0.3, -0.25) is 0 Å². The molecule has 0 aliphatic carbocycles. The van der Waals surface area contributed by atoms with Gasteiger partial charge in [-0.1, -0.05) is 56.3 Å². The first-order valence-electron chi connectivity index (χ1n) is 12.0. The SMILES string of the molecule is Cc1[nH]c2ccccc2c1[C@@H](c1ccc(C(C)C)cc1)[NH+]1CCN(c2ccc(F)cc2)CC1. The molecule has 4 aromatic rings. The fourth-order valence-corrected chi connectivity index (χ4v) is 5.34. The van der Waals surface area contributed by atoms with Crippen molar-refractivity contribution >= 4 is 16.6 Å². The van der Waals surface area contributed by atoms with Crippen LogP contribution in [0.3, 0.4) is 0 Å². The van der Waals surface area contributed by atoms with E-state index in [4.69, 9.17) is 0 Å². The number of fused-ring (bicyclic) bond motifs is 1. The zero-order valence-corrected chi connectivity index (χ0v) is 19.7. The average Bonchev–Trinajstić information content (AvgIpc) is 3.16. The molecule has 0 radical (unpaired) electrons. The minimum atomic E-state index is -0.178. The van der Waals surface area contributed by atoms with Gasteiger partial charge in [0, 0.05) is 33.4 Å². The van der Waals surface area contributed by atoms with Gasteiger partial charge in [-0.2, -0.15) is 0 Å². The number of nitrogens with one attached hydrogen (secondary N) is 2. The Morgan fingerprint density at radius 3 is 2.15 bits per heavy atom. The number of para-hydroxylation sites is 1. The summed E-state index contributed by atoms with van der Waals surface area (Å²) in [5.41, 5.74) is 7.73. The van der Waals surface area contributed by atoms with Gasteiger partial charge in [0.2, 0.25) is 0 Å². The van der Waals surface area contributed by atoms with E-state index in [1.165, 1.54) is 33.3 Å². The van der Waals surface area contributed by atoms with Crippen LogP contribution in [0, 0.1) is 12.7 Å². The Morgan fingerprint density at radius 1 is 0.848 bits per heavy atom. The molecular formula is C29H33FN3+. The third-order valence-corrected chi connectivity index (χ3v) is 7.17. The van der Waals surface area contributed by atoms with E-state index in [1.807, 2.05) is 12.1 Å². The van der Waals surface area contributed by atoms with Gasteiger partial charge in [0.15, 0.2) is 0 Å². The Morgan fingerprint density at radius 2 is 1.48 bits per heavy atom. The van der Waals surface area contributed by atoms with E-state index in [0.717, 1.165) is 31.9 Å². The number of hydrogen-bond donors (Lipinski definition) is 2. The highest BCUT2D eigenvalue weighted by Gasteiger charge is 2.33. The third kappa shape index (κ3) is 4.28. The smallest absolute Gasteiger partial charge is 0.141 e. The Hall–Kier alpha value is -3.11. The zero-order valence-electron chi connectivity index (χ0n) is 19.7. The number of anilines is 1. The summed E-state index contributed by atoms with van der Waals surface area (Å²) >= 11 is 0. The van der Waals surface area contributed by atoms with Crippen molar-refractivity contribution in [3.8, 4) is 0 Å². The molecule has 1 aliphatic heterocycles. The topological polar surface area (TPSA) is 23.5 Å². The molecule has 3 aromatic carbocycles. The van der Waals surface area contributed by atoms with Gasteiger partial charge in [0.1, 0.15) is 11.9 Å². The fourth-order valence-electron chi connectivity index (χ4n) is 5.34. The van der Waals surface area contributed by atoms with Gasteiger partial charge in [-0.25, -0.2) is 4.39 Å². The van der Waals surface area contributed by atoms with E-state index in [1.54, 1.807) is 17.0 Å². The average molecular weight is 443 g/mol. The number of H-pyrrole nitrogens is 1. The molecule has 170 valence electrons. The second-order valence-electron chi connectivity index (χ2n) is 9.59. The van der Waals surface area contributed by atoms with Crippen LogP contribution in [0.5, 0.6) is 0 Å². The molecular weight excluding hydrogens is 409 g/mol. The van der Waals surface area contributed by atoms with Crippen molar-refractivity contribution in [1.82, 2.24) is 4.98 Å². The predicted octanol–water partition coefficient (Wildman–Crippen LogP) is 5.23. The molecule has 1 aromatic heterocycles. The van der Waals surface area contributed by atoms with Crippen LogP contribution in [-0.4, -0.2) is 31.2 Å². The normalized spacial score (nSPS) is 16.0. The summed E-state index contributed by atoms with van der Waals surface area (Å²) in [6.07, 6.45) is 0. The number of aryl methyl sites for hydroxylation is 1. The molecule has 1 atom stereocenters. The lowest BCUT2D eigenvalue weighted by atomic mass is 9.92. The fraction of sp³-hybridized carbons (Fsp3) is 0.310.